The maximum absolute atomic E-state index is 12.4. The SMILES string of the molecule is Cc1cc(C(=O)NC2CCN(c3ccc(C)c(C#N)n3)CC2)c(C)o1. The Morgan fingerprint density at radius 3 is 2.64 bits per heavy atom. The molecule has 0 saturated carbocycles. The molecule has 6 heteroatoms. The molecule has 2 aromatic heterocycles. The van der Waals surface area contributed by atoms with Crippen LogP contribution in [0.2, 0.25) is 0 Å². The van der Waals surface area contributed by atoms with Crippen molar-refractivity contribution in [3.8, 4) is 6.07 Å². The Kier molecular flexibility index (Phi) is 4.75. The first kappa shape index (κ1) is 17.0. The Morgan fingerprint density at radius 2 is 2.04 bits per heavy atom. The highest BCUT2D eigenvalue weighted by atomic mass is 16.3. The van der Waals surface area contributed by atoms with Gasteiger partial charge in [-0.3, -0.25) is 4.79 Å². The van der Waals surface area contributed by atoms with Gasteiger partial charge in [0.25, 0.3) is 5.91 Å². The van der Waals surface area contributed by atoms with Gasteiger partial charge >= 0.3 is 0 Å². The van der Waals surface area contributed by atoms with Gasteiger partial charge in [-0.2, -0.15) is 5.26 Å². The summed E-state index contributed by atoms with van der Waals surface area (Å²) in [5.41, 5.74) is 1.97. The van der Waals surface area contributed by atoms with Gasteiger partial charge in [0.15, 0.2) is 0 Å². The molecule has 0 spiro atoms. The van der Waals surface area contributed by atoms with Crippen LogP contribution in [0, 0.1) is 32.1 Å². The van der Waals surface area contributed by atoms with Crippen LogP contribution in [-0.2, 0) is 0 Å². The van der Waals surface area contributed by atoms with E-state index in [0.717, 1.165) is 43.1 Å². The lowest BCUT2D eigenvalue weighted by Crippen LogP contribution is -2.45. The average molecular weight is 338 g/mol. The smallest absolute Gasteiger partial charge is 0.255 e. The molecule has 0 atom stereocenters. The molecule has 0 unspecified atom stereocenters. The Morgan fingerprint density at radius 1 is 1.32 bits per heavy atom. The predicted octanol–water partition coefficient (Wildman–Crippen LogP) is 2.87. The molecule has 1 amide bonds. The largest absolute Gasteiger partial charge is 0.466 e. The fourth-order valence-electron chi connectivity index (χ4n) is 3.18. The maximum atomic E-state index is 12.4. The zero-order valence-electron chi connectivity index (χ0n) is 14.8. The first-order chi connectivity index (χ1) is 12.0. The van der Waals surface area contributed by atoms with Gasteiger partial charge in [0.2, 0.25) is 0 Å². The summed E-state index contributed by atoms with van der Waals surface area (Å²) >= 11 is 0. The lowest BCUT2D eigenvalue weighted by molar-refractivity contribution is 0.0929. The number of pyridine rings is 1. The van der Waals surface area contributed by atoms with E-state index in [1.807, 2.05) is 26.0 Å². The van der Waals surface area contributed by atoms with E-state index in [-0.39, 0.29) is 11.9 Å². The normalized spacial score (nSPS) is 15.0. The van der Waals surface area contributed by atoms with Crippen molar-refractivity contribution in [2.75, 3.05) is 18.0 Å². The Hall–Kier alpha value is -2.81. The van der Waals surface area contributed by atoms with Gasteiger partial charge < -0.3 is 14.6 Å². The van der Waals surface area contributed by atoms with Crippen LogP contribution in [0.25, 0.3) is 0 Å². The van der Waals surface area contributed by atoms with Gasteiger partial charge in [0, 0.05) is 19.1 Å². The number of piperidine rings is 1. The van der Waals surface area contributed by atoms with Crippen molar-refractivity contribution in [2.45, 2.75) is 39.7 Å². The molecule has 2 aromatic rings. The standard InChI is InChI=1S/C19H22N4O2/c1-12-4-5-18(22-17(12)11-20)23-8-6-15(7-9-23)21-19(24)16-10-13(2)25-14(16)3/h4-5,10,15H,6-9H2,1-3H3,(H,21,24). The summed E-state index contributed by atoms with van der Waals surface area (Å²) in [6, 6.07) is 7.93. The number of hydrogen-bond acceptors (Lipinski definition) is 5. The number of aryl methyl sites for hydroxylation is 3. The fraction of sp³-hybridized carbons (Fsp3) is 0.421. The minimum Gasteiger partial charge on any atom is -0.466 e. The lowest BCUT2D eigenvalue weighted by atomic mass is 10.0. The highest BCUT2D eigenvalue weighted by molar-refractivity contribution is 5.95. The Balaban J connectivity index is 1.60. The molecule has 0 aromatic carbocycles. The maximum Gasteiger partial charge on any atom is 0.255 e. The van der Waals surface area contributed by atoms with Crippen LogP contribution in [0.5, 0.6) is 0 Å². The van der Waals surface area contributed by atoms with E-state index in [0.29, 0.717) is 17.0 Å². The second-order valence-electron chi connectivity index (χ2n) is 6.51. The average Bonchev–Trinajstić information content (AvgIpc) is 2.94. The van der Waals surface area contributed by atoms with Gasteiger partial charge in [0.05, 0.1) is 5.56 Å². The molecule has 0 aliphatic carbocycles. The number of carbonyl (C=O) groups excluding carboxylic acids is 1. The quantitative estimate of drug-likeness (QED) is 0.930. The molecular formula is C19H22N4O2. The summed E-state index contributed by atoms with van der Waals surface area (Å²) < 4.78 is 5.43. The number of carbonyl (C=O) groups is 1. The number of hydrogen-bond donors (Lipinski definition) is 1. The van der Waals surface area contributed by atoms with E-state index < -0.39 is 0 Å². The number of amides is 1. The molecule has 1 saturated heterocycles. The van der Waals surface area contributed by atoms with Crippen LogP contribution < -0.4 is 10.2 Å². The van der Waals surface area contributed by atoms with Crippen LogP contribution >= 0.6 is 0 Å². The monoisotopic (exact) mass is 338 g/mol. The highest BCUT2D eigenvalue weighted by Gasteiger charge is 2.23. The second-order valence-corrected chi connectivity index (χ2v) is 6.51. The van der Waals surface area contributed by atoms with Crippen molar-refractivity contribution in [3.05, 3.63) is 46.5 Å². The van der Waals surface area contributed by atoms with E-state index in [1.165, 1.54) is 0 Å². The number of furan rings is 1. The number of nitrogens with one attached hydrogen (secondary N) is 1. The molecule has 0 bridgehead atoms. The molecule has 1 aliphatic rings. The van der Waals surface area contributed by atoms with Crippen LogP contribution in [0.15, 0.2) is 22.6 Å². The molecular weight excluding hydrogens is 316 g/mol. The minimum atomic E-state index is -0.0759. The summed E-state index contributed by atoms with van der Waals surface area (Å²) in [7, 11) is 0. The minimum absolute atomic E-state index is 0.0759. The number of anilines is 1. The van der Waals surface area contributed by atoms with Gasteiger partial charge in [0.1, 0.15) is 29.1 Å². The van der Waals surface area contributed by atoms with Crippen LogP contribution in [-0.4, -0.2) is 30.0 Å². The molecule has 3 rings (SSSR count). The zero-order chi connectivity index (χ0) is 18.0. The molecule has 130 valence electrons. The van der Waals surface area contributed by atoms with E-state index in [4.69, 9.17) is 9.68 Å². The third-order valence-electron chi connectivity index (χ3n) is 4.63. The summed E-state index contributed by atoms with van der Waals surface area (Å²) in [6.45, 7) is 7.13. The molecule has 1 fully saturated rings. The van der Waals surface area contributed by atoms with Crippen LogP contribution in [0.1, 0.15) is 46.0 Å². The Bertz CT molecular complexity index is 826. The van der Waals surface area contributed by atoms with Gasteiger partial charge in [-0.1, -0.05) is 6.07 Å². The van der Waals surface area contributed by atoms with E-state index >= 15 is 0 Å². The molecule has 3 heterocycles. The molecule has 0 radical (unpaired) electrons. The van der Waals surface area contributed by atoms with E-state index in [1.54, 1.807) is 13.0 Å². The molecule has 25 heavy (non-hydrogen) atoms. The van der Waals surface area contributed by atoms with Crippen molar-refractivity contribution in [2.24, 2.45) is 0 Å². The van der Waals surface area contributed by atoms with Crippen LogP contribution in [0.3, 0.4) is 0 Å². The number of rotatable bonds is 3. The van der Waals surface area contributed by atoms with Crippen molar-refractivity contribution in [3.63, 3.8) is 0 Å². The summed E-state index contributed by atoms with van der Waals surface area (Å²) in [5, 5.41) is 12.2. The van der Waals surface area contributed by atoms with E-state index in [9.17, 15) is 4.79 Å². The first-order valence-electron chi connectivity index (χ1n) is 8.48. The summed E-state index contributed by atoms with van der Waals surface area (Å²) in [6.07, 6.45) is 1.69. The van der Waals surface area contributed by atoms with Gasteiger partial charge in [-0.05, 0) is 51.3 Å². The van der Waals surface area contributed by atoms with Gasteiger partial charge in [-0.15, -0.1) is 0 Å². The van der Waals surface area contributed by atoms with Crippen molar-refractivity contribution in [1.29, 1.82) is 5.26 Å². The van der Waals surface area contributed by atoms with Crippen LogP contribution in [0.4, 0.5) is 5.82 Å². The zero-order valence-corrected chi connectivity index (χ0v) is 14.8. The number of nitriles is 1. The molecule has 1 N–H and O–H groups in total. The summed E-state index contributed by atoms with van der Waals surface area (Å²) in [5.74, 6) is 2.15. The number of aromatic nitrogens is 1. The van der Waals surface area contributed by atoms with Crippen molar-refractivity contribution < 1.29 is 9.21 Å². The topological polar surface area (TPSA) is 82.2 Å². The Labute approximate surface area is 147 Å². The predicted molar refractivity (Wildman–Crippen MR) is 94.6 cm³/mol. The fourth-order valence-corrected chi connectivity index (χ4v) is 3.18. The lowest BCUT2D eigenvalue weighted by Gasteiger charge is -2.33. The van der Waals surface area contributed by atoms with Gasteiger partial charge in [-0.25, -0.2) is 4.98 Å². The third kappa shape index (κ3) is 3.66. The third-order valence-corrected chi connectivity index (χ3v) is 4.63. The first-order valence-corrected chi connectivity index (χ1v) is 8.48. The second kappa shape index (κ2) is 6.98. The molecule has 1 aliphatic heterocycles. The highest BCUT2D eigenvalue weighted by Crippen LogP contribution is 2.20. The molecule has 6 nitrogen and oxygen atoms in total. The summed E-state index contributed by atoms with van der Waals surface area (Å²) in [4.78, 5) is 19.0. The van der Waals surface area contributed by atoms with Crippen molar-refractivity contribution >= 4 is 11.7 Å². The van der Waals surface area contributed by atoms with Crippen molar-refractivity contribution in [1.82, 2.24) is 10.3 Å². The number of nitrogens with zero attached hydrogens (tertiary/aromatic N) is 3. The van der Waals surface area contributed by atoms with E-state index in [2.05, 4.69) is 21.3 Å².